The fraction of sp³-hybridized carbons (Fsp3) is 0.667. The Morgan fingerprint density at radius 3 is 2.95 bits per heavy atom. The van der Waals surface area contributed by atoms with E-state index in [1.54, 1.807) is 6.20 Å². The van der Waals surface area contributed by atoms with Gasteiger partial charge in [-0.1, -0.05) is 6.42 Å². The van der Waals surface area contributed by atoms with Crippen molar-refractivity contribution in [3.63, 3.8) is 0 Å². The van der Waals surface area contributed by atoms with Crippen LogP contribution in [0.4, 0.5) is 10.5 Å². The molecule has 0 saturated carbocycles. The van der Waals surface area contributed by atoms with E-state index in [0.29, 0.717) is 12.2 Å². The molecule has 1 aliphatic heterocycles. The second-order valence-corrected chi connectivity index (χ2v) is 4.84. The maximum atomic E-state index is 11.5. The van der Waals surface area contributed by atoms with Crippen molar-refractivity contribution >= 4 is 11.7 Å². The summed E-state index contributed by atoms with van der Waals surface area (Å²) in [4.78, 5) is 13.8. The van der Waals surface area contributed by atoms with Crippen molar-refractivity contribution in [3.8, 4) is 0 Å². The number of piperidine rings is 1. The van der Waals surface area contributed by atoms with Crippen LogP contribution in [-0.4, -0.2) is 58.5 Å². The maximum Gasteiger partial charge on any atom is 0.319 e. The number of hydrogen-bond donors (Lipinski definition) is 4. The van der Waals surface area contributed by atoms with Gasteiger partial charge in [-0.3, -0.25) is 5.10 Å². The average Bonchev–Trinajstić information content (AvgIpc) is 2.90. The van der Waals surface area contributed by atoms with E-state index in [-0.39, 0.29) is 12.6 Å². The number of β-amino-alcohol motifs (C(OH)–C–C–N with tert-alkyl or cyclic N) is 1. The number of likely N-dealkylation sites (tertiary alicyclic amines) is 1. The van der Waals surface area contributed by atoms with Crippen LogP contribution >= 0.6 is 0 Å². The van der Waals surface area contributed by atoms with E-state index in [1.165, 1.54) is 25.5 Å². The van der Waals surface area contributed by atoms with Gasteiger partial charge in [0.05, 0.1) is 18.0 Å². The Hall–Kier alpha value is -1.60. The third-order valence-electron chi connectivity index (χ3n) is 3.17. The van der Waals surface area contributed by atoms with E-state index in [4.69, 9.17) is 0 Å². The fourth-order valence-electron chi connectivity index (χ4n) is 2.21. The molecule has 1 saturated heterocycles. The molecule has 106 valence electrons. The maximum absolute atomic E-state index is 11.5. The Morgan fingerprint density at radius 2 is 2.26 bits per heavy atom. The summed E-state index contributed by atoms with van der Waals surface area (Å²) in [6, 6.07) is -0.334. The summed E-state index contributed by atoms with van der Waals surface area (Å²) in [5, 5.41) is 21.5. The smallest absolute Gasteiger partial charge is 0.319 e. The molecule has 7 heteroatoms. The molecular formula is C12H21N5O2. The summed E-state index contributed by atoms with van der Waals surface area (Å²) >= 11 is 0. The number of H-pyrrole nitrogens is 1. The molecule has 19 heavy (non-hydrogen) atoms. The van der Waals surface area contributed by atoms with E-state index in [9.17, 15) is 9.90 Å². The lowest BCUT2D eigenvalue weighted by molar-refractivity contribution is 0.102. The van der Waals surface area contributed by atoms with E-state index in [0.717, 1.165) is 13.1 Å². The molecule has 1 aromatic rings. The summed E-state index contributed by atoms with van der Waals surface area (Å²) in [5.41, 5.74) is 0.600. The number of hydrogen-bond acceptors (Lipinski definition) is 4. The predicted octanol–water partition coefficient (Wildman–Crippen LogP) is 0.378. The summed E-state index contributed by atoms with van der Waals surface area (Å²) in [6.45, 7) is 2.95. The van der Waals surface area contributed by atoms with Crippen molar-refractivity contribution in [3.05, 3.63) is 12.4 Å². The van der Waals surface area contributed by atoms with Crippen molar-refractivity contribution in [1.82, 2.24) is 20.4 Å². The number of nitrogens with zero attached hydrogens (tertiary/aromatic N) is 2. The molecule has 7 nitrogen and oxygen atoms in total. The number of aromatic nitrogens is 2. The minimum atomic E-state index is -0.534. The number of aromatic amines is 1. The molecule has 2 amide bonds. The Labute approximate surface area is 112 Å². The first-order valence-corrected chi connectivity index (χ1v) is 6.68. The van der Waals surface area contributed by atoms with E-state index >= 15 is 0 Å². The average molecular weight is 267 g/mol. The molecule has 1 aliphatic rings. The molecule has 0 spiro atoms. The monoisotopic (exact) mass is 267 g/mol. The van der Waals surface area contributed by atoms with Gasteiger partial charge in [0, 0.05) is 19.3 Å². The van der Waals surface area contributed by atoms with Gasteiger partial charge in [-0.15, -0.1) is 0 Å². The van der Waals surface area contributed by atoms with Crippen LogP contribution in [-0.2, 0) is 0 Å². The van der Waals surface area contributed by atoms with Crippen molar-refractivity contribution in [1.29, 1.82) is 0 Å². The molecule has 2 heterocycles. The standard InChI is InChI=1S/C12H21N5O2/c18-11(9-17-4-2-1-3-5-17)8-13-12(19)16-10-6-14-15-7-10/h6-7,11,18H,1-5,8-9H2,(H,14,15)(H2,13,16,19). The highest BCUT2D eigenvalue weighted by Crippen LogP contribution is 2.08. The summed E-state index contributed by atoms with van der Waals surface area (Å²) in [6.07, 6.45) is 6.24. The van der Waals surface area contributed by atoms with Crippen molar-refractivity contribution < 1.29 is 9.90 Å². The zero-order chi connectivity index (χ0) is 13.5. The molecular weight excluding hydrogens is 246 g/mol. The van der Waals surface area contributed by atoms with Crippen molar-refractivity contribution in [2.75, 3.05) is 31.5 Å². The number of rotatable bonds is 5. The normalized spacial score (nSPS) is 17.9. The summed E-state index contributed by atoms with van der Waals surface area (Å²) in [5.74, 6) is 0. The number of anilines is 1. The number of urea groups is 1. The van der Waals surface area contributed by atoms with Crippen LogP contribution in [0.5, 0.6) is 0 Å². The molecule has 0 aromatic carbocycles. The highest BCUT2D eigenvalue weighted by molar-refractivity contribution is 5.88. The first-order chi connectivity index (χ1) is 9.24. The lowest BCUT2D eigenvalue weighted by Gasteiger charge is -2.28. The first kappa shape index (κ1) is 13.8. The number of nitrogens with one attached hydrogen (secondary N) is 3. The van der Waals surface area contributed by atoms with Crippen molar-refractivity contribution in [2.24, 2.45) is 0 Å². The molecule has 0 aliphatic carbocycles. The second kappa shape index (κ2) is 7.10. The van der Waals surface area contributed by atoms with Gasteiger partial charge in [0.15, 0.2) is 0 Å². The van der Waals surface area contributed by atoms with E-state index in [1.807, 2.05) is 0 Å². The largest absolute Gasteiger partial charge is 0.390 e. The second-order valence-electron chi connectivity index (χ2n) is 4.84. The van der Waals surface area contributed by atoms with Gasteiger partial charge < -0.3 is 20.6 Å². The highest BCUT2D eigenvalue weighted by atomic mass is 16.3. The third kappa shape index (κ3) is 4.88. The quantitative estimate of drug-likeness (QED) is 0.620. The predicted molar refractivity (Wildman–Crippen MR) is 71.9 cm³/mol. The van der Waals surface area contributed by atoms with Gasteiger partial charge >= 0.3 is 6.03 Å². The molecule has 1 unspecified atom stereocenters. The molecule has 4 N–H and O–H groups in total. The minimum absolute atomic E-state index is 0.250. The van der Waals surface area contributed by atoms with Crippen LogP contribution in [0.15, 0.2) is 12.4 Å². The molecule has 1 fully saturated rings. The third-order valence-corrected chi connectivity index (χ3v) is 3.17. The summed E-state index contributed by atoms with van der Waals surface area (Å²) in [7, 11) is 0. The van der Waals surface area contributed by atoms with Crippen LogP contribution in [0.2, 0.25) is 0 Å². The highest BCUT2D eigenvalue weighted by Gasteiger charge is 2.15. The molecule has 0 bridgehead atoms. The summed E-state index contributed by atoms with van der Waals surface area (Å²) < 4.78 is 0. The molecule has 1 atom stereocenters. The van der Waals surface area contributed by atoms with Gasteiger partial charge in [0.25, 0.3) is 0 Å². The molecule has 0 radical (unpaired) electrons. The zero-order valence-electron chi connectivity index (χ0n) is 10.9. The minimum Gasteiger partial charge on any atom is -0.390 e. The van der Waals surface area contributed by atoms with Gasteiger partial charge in [0.1, 0.15) is 0 Å². The van der Waals surface area contributed by atoms with Crippen LogP contribution in [0.3, 0.4) is 0 Å². The Bertz CT molecular complexity index is 375. The van der Waals surface area contributed by atoms with Crippen LogP contribution < -0.4 is 10.6 Å². The van der Waals surface area contributed by atoms with E-state index in [2.05, 4.69) is 25.7 Å². The van der Waals surface area contributed by atoms with Gasteiger partial charge in [-0.05, 0) is 25.9 Å². The number of aliphatic hydroxyl groups excluding tert-OH is 1. The topological polar surface area (TPSA) is 93.3 Å². The SMILES string of the molecule is O=C(NCC(O)CN1CCCCC1)Nc1cn[nH]c1. The van der Waals surface area contributed by atoms with Gasteiger partial charge in [-0.2, -0.15) is 5.10 Å². The first-order valence-electron chi connectivity index (χ1n) is 6.68. The van der Waals surface area contributed by atoms with Crippen molar-refractivity contribution in [2.45, 2.75) is 25.4 Å². The van der Waals surface area contributed by atoms with Crippen LogP contribution in [0.1, 0.15) is 19.3 Å². The van der Waals surface area contributed by atoms with Gasteiger partial charge in [0.2, 0.25) is 0 Å². The molecule has 2 rings (SSSR count). The number of aliphatic hydroxyl groups is 1. The molecule has 1 aromatic heterocycles. The zero-order valence-corrected chi connectivity index (χ0v) is 10.9. The number of carbonyl (C=O) groups is 1. The van der Waals surface area contributed by atoms with E-state index < -0.39 is 6.10 Å². The Balaban J connectivity index is 1.62. The van der Waals surface area contributed by atoms with Crippen LogP contribution in [0.25, 0.3) is 0 Å². The Kier molecular flexibility index (Phi) is 5.17. The fourth-order valence-corrected chi connectivity index (χ4v) is 2.21. The van der Waals surface area contributed by atoms with Gasteiger partial charge in [-0.25, -0.2) is 4.79 Å². The number of carbonyl (C=O) groups excluding carboxylic acids is 1. The van der Waals surface area contributed by atoms with Crippen LogP contribution in [0, 0.1) is 0 Å². The number of amides is 2. The lowest BCUT2D eigenvalue weighted by atomic mass is 10.1. The lowest BCUT2D eigenvalue weighted by Crippen LogP contribution is -2.42. The Morgan fingerprint density at radius 1 is 1.47 bits per heavy atom.